The van der Waals surface area contributed by atoms with Gasteiger partial charge in [-0.05, 0) is 17.7 Å². The molecule has 0 amide bonds. The largest absolute Gasteiger partial charge is 0.634 e. The van der Waals surface area contributed by atoms with Gasteiger partial charge in [-0.3, -0.25) is 4.79 Å². The highest BCUT2D eigenvalue weighted by atomic mass is 32.4. The van der Waals surface area contributed by atoms with E-state index in [4.69, 9.17) is 23.1 Å². The number of hydrogen-bond acceptors (Lipinski definition) is 8. The van der Waals surface area contributed by atoms with Crippen LogP contribution in [0.3, 0.4) is 0 Å². The fourth-order valence-corrected chi connectivity index (χ4v) is 7.47. The summed E-state index contributed by atoms with van der Waals surface area (Å²) in [5.74, 6) is -1.05. The zero-order valence-electron chi connectivity index (χ0n) is 13.9. The van der Waals surface area contributed by atoms with Crippen molar-refractivity contribution in [2.24, 2.45) is 0 Å². The van der Waals surface area contributed by atoms with Crippen LogP contribution in [0.4, 0.5) is 5.69 Å². The number of rotatable bonds is 10. The molecule has 0 fully saturated rings. The SMILES string of the molecule is COc1ccc(CS(=O)(=O)[Si](OC)(OC)OC)cc1NCC(=O)O. The van der Waals surface area contributed by atoms with Crippen LogP contribution >= 0.6 is 0 Å². The lowest BCUT2D eigenvalue weighted by molar-refractivity contribution is -0.134. The summed E-state index contributed by atoms with van der Waals surface area (Å²) >= 11 is 0. The van der Waals surface area contributed by atoms with Crippen molar-refractivity contribution in [2.45, 2.75) is 5.75 Å². The van der Waals surface area contributed by atoms with Crippen LogP contribution in [-0.2, 0) is 33.1 Å². The summed E-state index contributed by atoms with van der Waals surface area (Å²) in [6, 6.07) is 4.60. The average Bonchev–Trinajstić information content (AvgIpc) is 2.54. The van der Waals surface area contributed by atoms with Gasteiger partial charge in [0.1, 0.15) is 12.3 Å². The lowest BCUT2D eigenvalue weighted by Gasteiger charge is -2.23. The number of carboxylic acid groups (broad SMARTS) is 1. The highest BCUT2D eigenvalue weighted by Gasteiger charge is 2.54. The second kappa shape index (κ2) is 8.44. The fourth-order valence-electron chi connectivity index (χ4n) is 2.09. The third-order valence-electron chi connectivity index (χ3n) is 3.18. The van der Waals surface area contributed by atoms with Crippen molar-refractivity contribution in [1.29, 1.82) is 0 Å². The van der Waals surface area contributed by atoms with Gasteiger partial charge in [-0.25, -0.2) is 8.42 Å². The number of carbonyl (C=O) groups is 1. The summed E-state index contributed by atoms with van der Waals surface area (Å²) in [5.41, 5.74) is 0.777. The summed E-state index contributed by atoms with van der Waals surface area (Å²) in [6.45, 7) is -0.334. The minimum absolute atomic E-state index is 0.334. The molecule has 136 valence electrons. The number of hydrogen-bond donors (Lipinski definition) is 2. The van der Waals surface area contributed by atoms with Crippen molar-refractivity contribution in [1.82, 2.24) is 0 Å². The van der Waals surface area contributed by atoms with E-state index >= 15 is 0 Å². The van der Waals surface area contributed by atoms with Gasteiger partial charge in [0.05, 0.1) is 18.6 Å². The first-order valence-electron chi connectivity index (χ1n) is 6.75. The molecule has 1 aromatic carbocycles. The molecule has 0 atom stereocenters. The van der Waals surface area contributed by atoms with Crippen molar-refractivity contribution in [3.63, 3.8) is 0 Å². The first kappa shape index (κ1) is 20.4. The summed E-state index contributed by atoms with van der Waals surface area (Å²) < 4.78 is 45.3. The Morgan fingerprint density at radius 2 is 1.75 bits per heavy atom. The number of aliphatic carboxylic acids is 1. The highest BCUT2D eigenvalue weighted by molar-refractivity contribution is 8.19. The van der Waals surface area contributed by atoms with Gasteiger partial charge in [0.15, 0.2) is 0 Å². The minimum atomic E-state index is -3.88. The van der Waals surface area contributed by atoms with E-state index in [0.717, 1.165) is 0 Å². The van der Waals surface area contributed by atoms with Crippen molar-refractivity contribution >= 4 is 28.9 Å². The molecule has 1 aromatic rings. The molecule has 0 aliphatic rings. The minimum Gasteiger partial charge on any atom is -0.495 e. The first-order chi connectivity index (χ1) is 11.2. The smallest absolute Gasteiger partial charge is 0.495 e. The van der Waals surface area contributed by atoms with Gasteiger partial charge in [-0.2, -0.15) is 0 Å². The van der Waals surface area contributed by atoms with E-state index in [1.165, 1.54) is 34.5 Å². The van der Waals surface area contributed by atoms with E-state index in [1.807, 2.05) is 0 Å². The molecule has 9 nitrogen and oxygen atoms in total. The predicted octanol–water partition coefficient (Wildman–Crippen LogP) is 0.481. The normalized spacial score (nSPS) is 12.0. The quantitative estimate of drug-likeness (QED) is 0.559. The second-order valence-corrected chi connectivity index (χ2v) is 11.8. The summed E-state index contributed by atoms with van der Waals surface area (Å²) in [7, 11) is -2.68. The number of nitrogens with one attached hydrogen (secondary N) is 1. The van der Waals surface area contributed by atoms with Crippen LogP contribution in [0.25, 0.3) is 0 Å². The van der Waals surface area contributed by atoms with Crippen molar-refractivity contribution in [3.05, 3.63) is 23.8 Å². The Morgan fingerprint density at radius 1 is 1.17 bits per heavy atom. The molecule has 0 aromatic heterocycles. The van der Waals surface area contributed by atoms with Gasteiger partial charge in [0.25, 0.3) is 0 Å². The Bertz CT molecular complexity index is 666. The Hall–Kier alpha value is -1.66. The monoisotopic (exact) mass is 379 g/mol. The molecule has 0 spiro atoms. The third-order valence-corrected chi connectivity index (χ3v) is 10.4. The molecule has 0 unspecified atom stereocenters. The number of methoxy groups -OCH3 is 1. The molecule has 0 heterocycles. The zero-order valence-corrected chi connectivity index (χ0v) is 15.7. The number of anilines is 1. The van der Waals surface area contributed by atoms with E-state index in [9.17, 15) is 13.2 Å². The Morgan fingerprint density at radius 3 is 2.21 bits per heavy atom. The van der Waals surface area contributed by atoms with Gasteiger partial charge in [0, 0.05) is 21.3 Å². The van der Waals surface area contributed by atoms with Gasteiger partial charge < -0.3 is 28.4 Å². The maximum atomic E-state index is 12.6. The van der Waals surface area contributed by atoms with Crippen LogP contribution in [0.2, 0.25) is 0 Å². The van der Waals surface area contributed by atoms with Gasteiger partial charge in [-0.1, -0.05) is 6.07 Å². The maximum Gasteiger partial charge on any atom is 0.634 e. The van der Waals surface area contributed by atoms with E-state index in [1.54, 1.807) is 12.1 Å². The fraction of sp³-hybridized carbons (Fsp3) is 0.462. The van der Waals surface area contributed by atoms with Crippen LogP contribution < -0.4 is 10.1 Å². The number of ether oxygens (including phenoxy) is 1. The van der Waals surface area contributed by atoms with Gasteiger partial charge in [-0.15, -0.1) is 0 Å². The zero-order chi connectivity index (χ0) is 18.4. The van der Waals surface area contributed by atoms with E-state index in [0.29, 0.717) is 17.0 Å². The summed E-state index contributed by atoms with van der Waals surface area (Å²) in [5, 5.41) is 11.4. The third kappa shape index (κ3) is 4.45. The highest BCUT2D eigenvalue weighted by Crippen LogP contribution is 2.28. The number of carboxylic acids is 1. The number of benzene rings is 1. The average molecular weight is 379 g/mol. The molecule has 0 saturated carbocycles. The molecule has 2 N–H and O–H groups in total. The van der Waals surface area contributed by atoms with Crippen molar-refractivity contribution in [3.8, 4) is 5.75 Å². The lowest BCUT2D eigenvalue weighted by Crippen LogP contribution is -2.51. The molecule has 0 saturated heterocycles. The van der Waals surface area contributed by atoms with Crippen LogP contribution in [-0.4, -0.2) is 62.4 Å². The van der Waals surface area contributed by atoms with Gasteiger partial charge >= 0.3 is 13.9 Å². The topological polar surface area (TPSA) is 120 Å². The molecule has 0 bridgehead atoms. The first-order valence-corrected chi connectivity index (χ1v) is 10.9. The lowest BCUT2D eigenvalue weighted by atomic mass is 10.2. The standard InChI is InChI=1S/C13H21NO8SSi/c1-19-12-6-5-10(7-11(12)14-8-13(15)16)9-23(17,18)24(20-2,21-3)22-4/h5-7,14H,8-9H2,1-4H3,(H,15,16). The van der Waals surface area contributed by atoms with E-state index in [-0.39, 0.29) is 12.3 Å². The Kier molecular flexibility index (Phi) is 7.17. The second-order valence-electron chi connectivity index (χ2n) is 4.65. The van der Waals surface area contributed by atoms with Crippen LogP contribution in [0.15, 0.2) is 18.2 Å². The van der Waals surface area contributed by atoms with E-state index < -0.39 is 23.2 Å². The Labute approximate surface area is 141 Å². The Balaban J connectivity index is 3.14. The van der Waals surface area contributed by atoms with Crippen LogP contribution in [0, 0.1) is 0 Å². The van der Waals surface area contributed by atoms with Crippen LogP contribution in [0.5, 0.6) is 5.75 Å². The van der Waals surface area contributed by atoms with Gasteiger partial charge in [0.2, 0.25) is 9.29 Å². The molecule has 0 radical (unpaired) electrons. The van der Waals surface area contributed by atoms with Crippen molar-refractivity contribution in [2.75, 3.05) is 40.3 Å². The molecule has 24 heavy (non-hydrogen) atoms. The van der Waals surface area contributed by atoms with Crippen LogP contribution in [0.1, 0.15) is 5.56 Å². The van der Waals surface area contributed by atoms with E-state index in [2.05, 4.69) is 5.32 Å². The van der Waals surface area contributed by atoms with Crippen molar-refractivity contribution < 1.29 is 36.3 Å². The molecule has 11 heteroatoms. The summed E-state index contributed by atoms with van der Waals surface area (Å²) in [4.78, 5) is 10.7. The molecule has 0 aliphatic carbocycles. The molecular weight excluding hydrogens is 358 g/mol. The predicted molar refractivity (Wildman–Crippen MR) is 88.5 cm³/mol. The summed E-state index contributed by atoms with van der Waals surface area (Å²) in [6.07, 6.45) is 0. The molecule has 0 aliphatic heterocycles. The molecular formula is C13H21NO8SSi. The molecule has 1 rings (SSSR count). The maximum absolute atomic E-state index is 12.6.